The number of carbonyl (C=O) groups excluding carboxylic acids is 1. The van der Waals surface area contributed by atoms with Crippen LogP contribution in [0.15, 0.2) is 0 Å². The molecule has 0 spiro atoms. The number of carboxylic acid groups (broad SMARTS) is 1. The first-order valence-electron chi connectivity index (χ1n) is 7.41. The third kappa shape index (κ3) is 2.63. The van der Waals surface area contributed by atoms with Gasteiger partial charge in [-0.3, -0.25) is 9.59 Å². The van der Waals surface area contributed by atoms with Crippen LogP contribution in [0.3, 0.4) is 0 Å². The van der Waals surface area contributed by atoms with Crippen LogP contribution in [0, 0.1) is 23.2 Å². The molecule has 0 aromatic rings. The van der Waals surface area contributed by atoms with Crippen molar-refractivity contribution in [3.05, 3.63) is 0 Å². The van der Waals surface area contributed by atoms with Crippen LogP contribution in [-0.4, -0.2) is 35.0 Å². The number of likely N-dealkylation sites (tertiary alicyclic amines) is 1. The molecule has 2 fully saturated rings. The number of amides is 1. The summed E-state index contributed by atoms with van der Waals surface area (Å²) >= 11 is 0. The van der Waals surface area contributed by atoms with E-state index in [1.165, 1.54) is 12.8 Å². The summed E-state index contributed by atoms with van der Waals surface area (Å²) in [6.07, 6.45) is 4.48. The molecule has 0 radical (unpaired) electrons. The van der Waals surface area contributed by atoms with Crippen molar-refractivity contribution in [3.8, 4) is 0 Å². The topological polar surface area (TPSA) is 57.6 Å². The van der Waals surface area contributed by atoms with Crippen LogP contribution >= 0.6 is 0 Å². The fourth-order valence-corrected chi connectivity index (χ4v) is 3.55. The molecule has 19 heavy (non-hydrogen) atoms. The molecule has 3 unspecified atom stereocenters. The highest BCUT2D eigenvalue weighted by molar-refractivity contribution is 5.91. The second kappa shape index (κ2) is 5.14. The summed E-state index contributed by atoms with van der Waals surface area (Å²) in [6.45, 7) is 7.58. The highest BCUT2D eigenvalue weighted by Crippen LogP contribution is 2.59. The van der Waals surface area contributed by atoms with Crippen LogP contribution in [0.4, 0.5) is 0 Å². The predicted octanol–water partition coefficient (Wildman–Crippen LogP) is 2.38. The standard InChI is InChI=1S/C15H25NO3/c1-4-10-6-5-8-16(9-7-10)13(17)11-12(14(18)19)15(11,2)3/h10-12H,4-9H2,1-3H3,(H,18,19). The van der Waals surface area contributed by atoms with Gasteiger partial charge in [-0.15, -0.1) is 0 Å². The Morgan fingerprint density at radius 1 is 1.21 bits per heavy atom. The normalized spacial score (nSPS) is 33.6. The minimum absolute atomic E-state index is 0.0640. The van der Waals surface area contributed by atoms with Gasteiger partial charge in [0.1, 0.15) is 0 Å². The minimum atomic E-state index is -0.829. The number of rotatable bonds is 3. The number of nitrogens with zero attached hydrogens (tertiary/aromatic N) is 1. The van der Waals surface area contributed by atoms with Gasteiger partial charge in [0.15, 0.2) is 0 Å². The second-order valence-corrected chi connectivity index (χ2v) is 6.65. The Morgan fingerprint density at radius 3 is 2.42 bits per heavy atom. The van der Waals surface area contributed by atoms with Crippen LogP contribution in [0.5, 0.6) is 0 Å². The summed E-state index contributed by atoms with van der Waals surface area (Å²) < 4.78 is 0. The second-order valence-electron chi connectivity index (χ2n) is 6.65. The Hall–Kier alpha value is -1.06. The maximum atomic E-state index is 12.5. The summed E-state index contributed by atoms with van der Waals surface area (Å²) in [4.78, 5) is 25.6. The van der Waals surface area contributed by atoms with Gasteiger partial charge in [-0.25, -0.2) is 0 Å². The number of carbonyl (C=O) groups is 2. The molecule has 4 heteroatoms. The molecule has 108 valence electrons. The Morgan fingerprint density at radius 2 is 1.89 bits per heavy atom. The molecule has 4 nitrogen and oxygen atoms in total. The Kier molecular flexibility index (Phi) is 3.88. The lowest BCUT2D eigenvalue weighted by atomic mass is 9.98. The van der Waals surface area contributed by atoms with Crippen LogP contribution in [0.1, 0.15) is 46.5 Å². The Balaban J connectivity index is 1.99. The number of carboxylic acids is 1. The number of hydrogen-bond donors (Lipinski definition) is 1. The number of hydrogen-bond acceptors (Lipinski definition) is 2. The van der Waals surface area contributed by atoms with Gasteiger partial charge in [0.2, 0.25) is 5.91 Å². The highest BCUT2D eigenvalue weighted by Gasteiger charge is 2.66. The van der Waals surface area contributed by atoms with E-state index in [1.54, 1.807) is 0 Å². The maximum Gasteiger partial charge on any atom is 0.307 e. The van der Waals surface area contributed by atoms with Gasteiger partial charge in [0, 0.05) is 13.1 Å². The first-order valence-corrected chi connectivity index (χ1v) is 7.41. The van der Waals surface area contributed by atoms with Gasteiger partial charge in [-0.2, -0.15) is 0 Å². The van der Waals surface area contributed by atoms with Crippen molar-refractivity contribution in [2.75, 3.05) is 13.1 Å². The molecule has 1 heterocycles. The zero-order valence-corrected chi connectivity index (χ0v) is 12.2. The van der Waals surface area contributed by atoms with E-state index < -0.39 is 11.9 Å². The van der Waals surface area contributed by atoms with Gasteiger partial charge in [-0.05, 0) is 30.6 Å². The molecule has 0 aromatic carbocycles. The third-order valence-electron chi connectivity index (χ3n) is 5.10. The Labute approximate surface area is 115 Å². The van der Waals surface area contributed by atoms with Gasteiger partial charge in [-0.1, -0.05) is 27.2 Å². The van der Waals surface area contributed by atoms with Gasteiger partial charge < -0.3 is 10.0 Å². The lowest BCUT2D eigenvalue weighted by Crippen LogP contribution is -2.34. The summed E-state index contributed by atoms with van der Waals surface area (Å²) in [5.74, 6) is -0.854. The molecule has 3 atom stereocenters. The van der Waals surface area contributed by atoms with Crippen LogP contribution in [0.25, 0.3) is 0 Å². The average molecular weight is 267 g/mol. The molecule has 1 aliphatic heterocycles. The molecular weight excluding hydrogens is 242 g/mol. The number of aliphatic carboxylic acids is 1. The lowest BCUT2D eigenvalue weighted by Gasteiger charge is -2.21. The summed E-state index contributed by atoms with van der Waals surface area (Å²) in [7, 11) is 0. The monoisotopic (exact) mass is 267 g/mol. The van der Waals surface area contributed by atoms with Crippen molar-refractivity contribution in [3.63, 3.8) is 0 Å². The molecule has 1 N–H and O–H groups in total. The van der Waals surface area contributed by atoms with Gasteiger partial charge in [0.25, 0.3) is 0 Å². The fraction of sp³-hybridized carbons (Fsp3) is 0.867. The molecule has 1 amide bonds. The lowest BCUT2D eigenvalue weighted by molar-refractivity contribution is -0.142. The average Bonchev–Trinajstić information content (AvgIpc) is 3.00. The van der Waals surface area contributed by atoms with E-state index in [9.17, 15) is 14.7 Å². The van der Waals surface area contributed by atoms with Crippen molar-refractivity contribution in [1.29, 1.82) is 0 Å². The van der Waals surface area contributed by atoms with E-state index in [0.29, 0.717) is 0 Å². The van der Waals surface area contributed by atoms with Crippen molar-refractivity contribution >= 4 is 11.9 Å². The van der Waals surface area contributed by atoms with Gasteiger partial charge >= 0.3 is 5.97 Å². The highest BCUT2D eigenvalue weighted by atomic mass is 16.4. The van der Waals surface area contributed by atoms with Crippen LogP contribution in [0.2, 0.25) is 0 Å². The third-order valence-corrected chi connectivity index (χ3v) is 5.10. The molecule has 1 aliphatic carbocycles. The molecule has 2 rings (SSSR count). The minimum Gasteiger partial charge on any atom is -0.481 e. The van der Waals surface area contributed by atoms with E-state index in [0.717, 1.165) is 31.8 Å². The molecule has 1 saturated heterocycles. The van der Waals surface area contributed by atoms with Crippen molar-refractivity contribution in [2.24, 2.45) is 23.2 Å². The smallest absolute Gasteiger partial charge is 0.307 e. The SMILES string of the molecule is CCC1CCCN(C(=O)C2C(C(=O)O)C2(C)C)CC1. The molecule has 1 saturated carbocycles. The molecule has 0 aromatic heterocycles. The van der Waals surface area contributed by atoms with Crippen molar-refractivity contribution in [2.45, 2.75) is 46.5 Å². The van der Waals surface area contributed by atoms with E-state index in [4.69, 9.17) is 0 Å². The Bertz CT molecular complexity index is 378. The van der Waals surface area contributed by atoms with Crippen molar-refractivity contribution in [1.82, 2.24) is 4.90 Å². The molecule has 2 aliphatic rings. The zero-order valence-electron chi connectivity index (χ0n) is 12.2. The summed E-state index contributed by atoms with van der Waals surface area (Å²) in [5.41, 5.74) is -0.376. The predicted molar refractivity (Wildman–Crippen MR) is 72.6 cm³/mol. The first kappa shape index (κ1) is 14.4. The van der Waals surface area contributed by atoms with E-state index in [1.807, 2.05) is 18.7 Å². The maximum absolute atomic E-state index is 12.5. The fourth-order valence-electron chi connectivity index (χ4n) is 3.55. The summed E-state index contributed by atoms with van der Waals surface area (Å²) in [5, 5.41) is 9.17. The van der Waals surface area contributed by atoms with E-state index >= 15 is 0 Å². The molecular formula is C15H25NO3. The molecule has 0 bridgehead atoms. The van der Waals surface area contributed by atoms with Crippen molar-refractivity contribution < 1.29 is 14.7 Å². The zero-order chi connectivity index (χ0) is 14.2. The van der Waals surface area contributed by atoms with Crippen LogP contribution in [-0.2, 0) is 9.59 Å². The van der Waals surface area contributed by atoms with E-state index in [2.05, 4.69) is 6.92 Å². The first-order chi connectivity index (χ1) is 8.89. The van der Waals surface area contributed by atoms with Crippen LogP contribution < -0.4 is 0 Å². The van der Waals surface area contributed by atoms with Gasteiger partial charge in [0.05, 0.1) is 11.8 Å². The van der Waals surface area contributed by atoms with E-state index in [-0.39, 0.29) is 17.2 Å². The quantitative estimate of drug-likeness (QED) is 0.854. The summed E-state index contributed by atoms with van der Waals surface area (Å²) in [6, 6.07) is 0. The largest absolute Gasteiger partial charge is 0.481 e.